The molecule has 1 saturated heterocycles. The minimum atomic E-state index is -0.431. The topological polar surface area (TPSA) is 49.8 Å². The molecule has 0 bridgehead atoms. The Hall–Kier alpha value is -1.55. The Labute approximate surface area is 101 Å². The van der Waals surface area contributed by atoms with E-state index >= 15 is 0 Å². The molecule has 2 atom stereocenters. The third-order valence-corrected chi connectivity index (χ3v) is 3.15. The number of amides is 1. The number of benzene rings is 1. The molecule has 17 heavy (non-hydrogen) atoms. The molecule has 92 valence electrons. The number of carbonyl (C=O) groups is 1. The third-order valence-electron chi connectivity index (χ3n) is 3.15. The summed E-state index contributed by atoms with van der Waals surface area (Å²) in [7, 11) is 0. The molecule has 1 N–H and O–H groups in total. The van der Waals surface area contributed by atoms with Crippen molar-refractivity contribution in [2.75, 3.05) is 6.54 Å². The van der Waals surface area contributed by atoms with Crippen LogP contribution in [-0.2, 0) is 11.3 Å². The molecule has 4 nitrogen and oxygen atoms in total. The second-order valence-corrected chi connectivity index (χ2v) is 4.33. The van der Waals surface area contributed by atoms with Crippen molar-refractivity contribution in [1.82, 2.24) is 4.90 Å². The molecule has 1 fully saturated rings. The molecule has 4 heteroatoms. The van der Waals surface area contributed by atoms with Crippen LogP contribution < -0.4 is 0 Å². The SMILES string of the molecule is C[C@H]1[C@@H](O)CCN1C(=O)OCc1ccccc1. The molecule has 1 heterocycles. The van der Waals surface area contributed by atoms with E-state index in [1.807, 2.05) is 37.3 Å². The van der Waals surface area contributed by atoms with Crippen LogP contribution in [-0.4, -0.2) is 34.8 Å². The fraction of sp³-hybridized carbons (Fsp3) is 0.462. The van der Waals surface area contributed by atoms with E-state index in [1.54, 1.807) is 4.90 Å². The number of likely N-dealkylation sites (tertiary alicyclic amines) is 1. The number of hydrogen-bond donors (Lipinski definition) is 1. The summed E-state index contributed by atoms with van der Waals surface area (Å²) in [4.78, 5) is 13.3. The van der Waals surface area contributed by atoms with E-state index in [-0.39, 0.29) is 18.7 Å². The summed E-state index contributed by atoms with van der Waals surface area (Å²) in [5, 5.41) is 9.55. The van der Waals surface area contributed by atoms with Gasteiger partial charge in [-0.05, 0) is 18.9 Å². The van der Waals surface area contributed by atoms with E-state index in [1.165, 1.54) is 0 Å². The zero-order chi connectivity index (χ0) is 12.3. The highest BCUT2D eigenvalue weighted by Gasteiger charge is 2.33. The van der Waals surface area contributed by atoms with Crippen molar-refractivity contribution in [1.29, 1.82) is 0 Å². The molecule has 0 saturated carbocycles. The second kappa shape index (κ2) is 5.19. The fourth-order valence-corrected chi connectivity index (χ4v) is 1.98. The summed E-state index contributed by atoms with van der Waals surface area (Å²) in [6, 6.07) is 9.41. The number of hydrogen-bond acceptors (Lipinski definition) is 3. The number of carbonyl (C=O) groups excluding carboxylic acids is 1. The van der Waals surface area contributed by atoms with Gasteiger partial charge in [-0.25, -0.2) is 4.79 Å². The largest absolute Gasteiger partial charge is 0.445 e. The zero-order valence-electron chi connectivity index (χ0n) is 9.87. The van der Waals surface area contributed by atoms with Crippen molar-refractivity contribution >= 4 is 6.09 Å². The first-order valence-corrected chi connectivity index (χ1v) is 5.84. The predicted octanol–water partition coefficient (Wildman–Crippen LogP) is 1.78. The van der Waals surface area contributed by atoms with Gasteiger partial charge in [0.1, 0.15) is 6.61 Å². The lowest BCUT2D eigenvalue weighted by atomic mass is 10.2. The van der Waals surface area contributed by atoms with Crippen molar-refractivity contribution in [3.8, 4) is 0 Å². The molecule has 1 aliphatic rings. The summed E-state index contributed by atoms with van der Waals surface area (Å²) in [5.74, 6) is 0. The monoisotopic (exact) mass is 235 g/mol. The van der Waals surface area contributed by atoms with Crippen LogP contribution in [0, 0.1) is 0 Å². The van der Waals surface area contributed by atoms with E-state index in [0.717, 1.165) is 5.56 Å². The van der Waals surface area contributed by atoms with Crippen LogP contribution in [0.25, 0.3) is 0 Å². The first-order valence-electron chi connectivity index (χ1n) is 5.84. The lowest BCUT2D eigenvalue weighted by Crippen LogP contribution is -2.37. The molecule has 1 amide bonds. The van der Waals surface area contributed by atoms with Gasteiger partial charge in [-0.15, -0.1) is 0 Å². The summed E-state index contributed by atoms with van der Waals surface area (Å²) in [5.41, 5.74) is 0.966. The summed E-state index contributed by atoms with van der Waals surface area (Å²) in [6.45, 7) is 2.68. The maximum atomic E-state index is 11.8. The lowest BCUT2D eigenvalue weighted by molar-refractivity contribution is 0.0768. The Morgan fingerprint density at radius 3 is 2.76 bits per heavy atom. The lowest BCUT2D eigenvalue weighted by Gasteiger charge is -2.21. The summed E-state index contributed by atoms with van der Waals surface area (Å²) < 4.78 is 5.21. The smallest absolute Gasteiger partial charge is 0.410 e. The van der Waals surface area contributed by atoms with Gasteiger partial charge in [-0.2, -0.15) is 0 Å². The van der Waals surface area contributed by atoms with E-state index in [4.69, 9.17) is 4.74 Å². The Morgan fingerprint density at radius 2 is 2.18 bits per heavy atom. The van der Waals surface area contributed by atoms with Crippen LogP contribution in [0.15, 0.2) is 30.3 Å². The van der Waals surface area contributed by atoms with Crippen molar-refractivity contribution in [3.63, 3.8) is 0 Å². The Bertz CT molecular complexity index is 380. The average molecular weight is 235 g/mol. The van der Waals surface area contributed by atoms with Gasteiger partial charge in [0, 0.05) is 6.54 Å². The highest BCUT2D eigenvalue weighted by Crippen LogP contribution is 2.18. The van der Waals surface area contributed by atoms with Crippen LogP contribution in [0.3, 0.4) is 0 Å². The van der Waals surface area contributed by atoms with E-state index in [0.29, 0.717) is 13.0 Å². The molecule has 0 radical (unpaired) electrons. The van der Waals surface area contributed by atoms with Crippen molar-refractivity contribution in [2.45, 2.75) is 32.1 Å². The van der Waals surface area contributed by atoms with Gasteiger partial charge in [-0.3, -0.25) is 0 Å². The maximum absolute atomic E-state index is 11.8. The number of nitrogens with zero attached hydrogens (tertiary/aromatic N) is 1. The van der Waals surface area contributed by atoms with Gasteiger partial charge in [-0.1, -0.05) is 30.3 Å². The predicted molar refractivity (Wildman–Crippen MR) is 63.4 cm³/mol. The van der Waals surface area contributed by atoms with Gasteiger partial charge in [0.25, 0.3) is 0 Å². The third kappa shape index (κ3) is 2.77. The van der Waals surface area contributed by atoms with Crippen LogP contribution in [0.4, 0.5) is 4.79 Å². The molecular formula is C13H17NO3. The first kappa shape index (κ1) is 11.9. The first-order chi connectivity index (χ1) is 8.18. The number of ether oxygens (including phenoxy) is 1. The number of aliphatic hydroxyl groups is 1. The standard InChI is InChI=1S/C13H17NO3/c1-10-12(15)7-8-14(10)13(16)17-9-11-5-3-2-4-6-11/h2-6,10,12,15H,7-9H2,1H3/t10-,12-/m0/s1. The van der Waals surface area contributed by atoms with E-state index in [2.05, 4.69) is 0 Å². The van der Waals surface area contributed by atoms with Crippen molar-refractivity contribution in [2.24, 2.45) is 0 Å². The fourth-order valence-electron chi connectivity index (χ4n) is 1.98. The van der Waals surface area contributed by atoms with Crippen molar-refractivity contribution in [3.05, 3.63) is 35.9 Å². The van der Waals surface area contributed by atoms with Crippen LogP contribution in [0.2, 0.25) is 0 Å². The molecule has 1 aliphatic heterocycles. The normalized spacial score (nSPS) is 23.8. The van der Waals surface area contributed by atoms with Crippen LogP contribution in [0.1, 0.15) is 18.9 Å². The molecular weight excluding hydrogens is 218 g/mol. The molecule has 0 spiro atoms. The molecule has 1 aromatic carbocycles. The minimum absolute atomic E-state index is 0.154. The van der Waals surface area contributed by atoms with Gasteiger partial charge in [0.05, 0.1) is 12.1 Å². The molecule has 2 rings (SSSR count). The van der Waals surface area contributed by atoms with Crippen LogP contribution in [0.5, 0.6) is 0 Å². The van der Waals surface area contributed by atoms with Gasteiger partial charge in [0.15, 0.2) is 0 Å². The summed E-state index contributed by atoms with van der Waals surface area (Å²) >= 11 is 0. The molecule has 0 aliphatic carbocycles. The molecule has 0 aromatic heterocycles. The zero-order valence-corrected chi connectivity index (χ0v) is 9.87. The number of rotatable bonds is 2. The Kier molecular flexibility index (Phi) is 3.64. The van der Waals surface area contributed by atoms with E-state index < -0.39 is 6.10 Å². The quantitative estimate of drug-likeness (QED) is 0.850. The highest BCUT2D eigenvalue weighted by molar-refractivity contribution is 5.68. The maximum Gasteiger partial charge on any atom is 0.410 e. The minimum Gasteiger partial charge on any atom is -0.445 e. The Morgan fingerprint density at radius 1 is 1.47 bits per heavy atom. The van der Waals surface area contributed by atoms with Gasteiger partial charge in [0.2, 0.25) is 0 Å². The van der Waals surface area contributed by atoms with Crippen LogP contribution >= 0.6 is 0 Å². The molecule has 1 aromatic rings. The van der Waals surface area contributed by atoms with Gasteiger partial charge < -0.3 is 14.7 Å². The van der Waals surface area contributed by atoms with Crippen molar-refractivity contribution < 1.29 is 14.6 Å². The second-order valence-electron chi connectivity index (χ2n) is 4.33. The average Bonchev–Trinajstić information content (AvgIpc) is 2.69. The highest BCUT2D eigenvalue weighted by atomic mass is 16.6. The van der Waals surface area contributed by atoms with Gasteiger partial charge >= 0.3 is 6.09 Å². The molecule has 0 unspecified atom stereocenters. The van der Waals surface area contributed by atoms with E-state index in [9.17, 15) is 9.90 Å². The Balaban J connectivity index is 1.86. The number of aliphatic hydroxyl groups excluding tert-OH is 1. The summed E-state index contributed by atoms with van der Waals surface area (Å²) in [6.07, 6.45) is -0.154.